The quantitative estimate of drug-likeness (QED) is 0.335. The van der Waals surface area contributed by atoms with Gasteiger partial charge in [-0.3, -0.25) is 9.52 Å². The number of hydrogen-bond donors (Lipinski definition) is 2. The smallest absolute Gasteiger partial charge is 0.232 e. The van der Waals surface area contributed by atoms with Crippen LogP contribution in [0.5, 0.6) is 0 Å². The predicted octanol–water partition coefficient (Wildman–Crippen LogP) is 4.96. The lowest BCUT2D eigenvalue weighted by Crippen LogP contribution is -2.18. The van der Waals surface area contributed by atoms with Gasteiger partial charge in [-0.2, -0.15) is 0 Å². The van der Waals surface area contributed by atoms with Crippen molar-refractivity contribution in [1.82, 2.24) is 9.97 Å². The molecule has 0 aliphatic heterocycles. The van der Waals surface area contributed by atoms with Gasteiger partial charge in [-0.05, 0) is 42.3 Å². The normalized spacial score (nSPS) is 11.6. The lowest BCUT2D eigenvalue weighted by Gasteiger charge is -2.13. The molecule has 0 bridgehead atoms. The van der Waals surface area contributed by atoms with Crippen LogP contribution in [0.3, 0.4) is 0 Å². The Balaban J connectivity index is 1.78. The third kappa shape index (κ3) is 4.88. The van der Waals surface area contributed by atoms with Gasteiger partial charge in [0.2, 0.25) is 15.8 Å². The Hall–Kier alpha value is -3.79. The minimum Gasteiger partial charge on any atom is -0.378 e. The Morgan fingerprint density at radius 3 is 2.60 bits per heavy atom. The van der Waals surface area contributed by atoms with Gasteiger partial charge in [-0.25, -0.2) is 22.2 Å². The lowest BCUT2D eigenvalue weighted by atomic mass is 9.99. The molecule has 4 aromatic rings. The largest absolute Gasteiger partial charge is 0.378 e. The highest BCUT2D eigenvalue weighted by molar-refractivity contribution is 7.92. The second kappa shape index (κ2) is 9.46. The number of sulfonamides is 1. The number of benzene rings is 2. The fourth-order valence-electron chi connectivity index (χ4n) is 3.77. The number of nitrogens with zero attached hydrogens (tertiary/aromatic N) is 2. The third-order valence-electron chi connectivity index (χ3n) is 5.53. The molecule has 10 heteroatoms. The highest BCUT2D eigenvalue weighted by atomic mass is 32.2. The number of carbonyl (C=O) groups is 1. The first-order valence-electron chi connectivity index (χ1n) is 10.9. The average Bonchev–Trinajstić information content (AvgIpc) is 3.24. The van der Waals surface area contributed by atoms with E-state index < -0.39 is 38.7 Å². The molecule has 4 rings (SSSR count). The summed E-state index contributed by atoms with van der Waals surface area (Å²) < 4.78 is 56.1. The number of pyridine rings is 1. The molecule has 0 saturated carbocycles. The first-order valence-corrected chi connectivity index (χ1v) is 12.5. The first-order chi connectivity index (χ1) is 16.6. The standard InChI is InChI=1S/C25H24F2N4O3S/c1-4-10-35(33,34)30-21-9-8-20(26)22(23(21)27)24(32)19-14-29-25-18(19)12-16(13-28-25)15-6-5-7-17(11-15)31(2)3/h5-9,11-14,30H,4,10H2,1-3H3,(H,28,29). The van der Waals surface area contributed by atoms with Crippen molar-refractivity contribution in [2.45, 2.75) is 13.3 Å². The van der Waals surface area contributed by atoms with Crippen LogP contribution < -0.4 is 9.62 Å². The number of anilines is 2. The molecule has 182 valence electrons. The van der Waals surface area contributed by atoms with Crippen LogP contribution in [0, 0.1) is 11.6 Å². The number of carbonyl (C=O) groups excluding carboxylic acids is 1. The molecule has 0 fully saturated rings. The Labute approximate surface area is 201 Å². The molecule has 0 radical (unpaired) electrons. The van der Waals surface area contributed by atoms with Crippen molar-refractivity contribution in [3.63, 3.8) is 0 Å². The van der Waals surface area contributed by atoms with Crippen molar-refractivity contribution in [2.24, 2.45) is 0 Å². The van der Waals surface area contributed by atoms with E-state index in [1.165, 1.54) is 6.20 Å². The van der Waals surface area contributed by atoms with E-state index in [-0.39, 0.29) is 11.3 Å². The van der Waals surface area contributed by atoms with Crippen LogP contribution in [-0.4, -0.2) is 44.0 Å². The molecule has 2 N–H and O–H groups in total. The Kier molecular flexibility index (Phi) is 6.58. The number of aromatic nitrogens is 2. The zero-order chi connectivity index (χ0) is 25.3. The number of fused-ring (bicyclic) bond motifs is 1. The summed E-state index contributed by atoms with van der Waals surface area (Å²) >= 11 is 0. The Morgan fingerprint density at radius 1 is 1.11 bits per heavy atom. The number of rotatable bonds is 8. The molecule has 0 saturated heterocycles. The summed E-state index contributed by atoms with van der Waals surface area (Å²) in [5.41, 5.74) is 1.61. The summed E-state index contributed by atoms with van der Waals surface area (Å²) in [7, 11) is -0.000964. The number of H-pyrrole nitrogens is 1. The molecule has 0 aliphatic carbocycles. The molecular formula is C25H24F2N4O3S. The number of hydrogen-bond acceptors (Lipinski definition) is 5. The summed E-state index contributed by atoms with van der Waals surface area (Å²) in [6, 6.07) is 11.3. The molecule has 0 spiro atoms. The van der Waals surface area contributed by atoms with Gasteiger partial charge in [0.15, 0.2) is 5.82 Å². The molecule has 0 atom stereocenters. The fraction of sp³-hybridized carbons (Fsp3) is 0.200. The SMILES string of the molecule is CCCS(=O)(=O)Nc1ccc(F)c(C(=O)c2c[nH]c3ncc(-c4cccc(N(C)C)c4)cc23)c1F. The monoisotopic (exact) mass is 498 g/mol. The van der Waals surface area contributed by atoms with Gasteiger partial charge in [0, 0.05) is 48.7 Å². The molecule has 0 amide bonds. The maximum Gasteiger partial charge on any atom is 0.232 e. The second-order valence-electron chi connectivity index (χ2n) is 8.30. The molecule has 7 nitrogen and oxygen atoms in total. The zero-order valence-corrected chi connectivity index (χ0v) is 20.2. The molecule has 0 unspecified atom stereocenters. The van der Waals surface area contributed by atoms with Gasteiger partial charge in [0.1, 0.15) is 11.5 Å². The van der Waals surface area contributed by atoms with E-state index in [0.717, 1.165) is 28.9 Å². The van der Waals surface area contributed by atoms with Gasteiger partial charge in [0.25, 0.3) is 0 Å². The van der Waals surface area contributed by atoms with Crippen molar-refractivity contribution < 1.29 is 22.0 Å². The number of halogens is 2. The minimum atomic E-state index is -3.84. The van der Waals surface area contributed by atoms with Crippen molar-refractivity contribution in [3.05, 3.63) is 77.6 Å². The van der Waals surface area contributed by atoms with Crippen LogP contribution in [0.1, 0.15) is 29.3 Å². The average molecular weight is 499 g/mol. The molecular weight excluding hydrogens is 474 g/mol. The van der Waals surface area contributed by atoms with E-state index in [0.29, 0.717) is 17.5 Å². The summed E-state index contributed by atoms with van der Waals surface area (Å²) in [4.78, 5) is 22.5. The van der Waals surface area contributed by atoms with E-state index in [1.807, 2.05) is 43.3 Å². The van der Waals surface area contributed by atoms with Gasteiger partial charge in [-0.1, -0.05) is 19.1 Å². The summed E-state index contributed by atoms with van der Waals surface area (Å²) in [5, 5.41) is 0.388. The zero-order valence-electron chi connectivity index (χ0n) is 19.4. The maximum absolute atomic E-state index is 15.2. The van der Waals surface area contributed by atoms with Crippen molar-refractivity contribution >= 4 is 38.2 Å². The fourth-order valence-corrected chi connectivity index (χ4v) is 4.91. The Morgan fingerprint density at radius 2 is 1.89 bits per heavy atom. The Bertz CT molecular complexity index is 1530. The molecule has 2 heterocycles. The van der Waals surface area contributed by atoms with Crippen molar-refractivity contribution in [3.8, 4) is 11.1 Å². The van der Waals surface area contributed by atoms with Gasteiger partial charge in [0.05, 0.1) is 17.0 Å². The summed E-state index contributed by atoms with van der Waals surface area (Å²) in [6.45, 7) is 1.66. The highest BCUT2D eigenvalue weighted by Gasteiger charge is 2.26. The number of ketones is 1. The highest BCUT2D eigenvalue weighted by Crippen LogP contribution is 2.30. The second-order valence-corrected chi connectivity index (χ2v) is 10.1. The van der Waals surface area contributed by atoms with Gasteiger partial charge >= 0.3 is 0 Å². The van der Waals surface area contributed by atoms with Crippen LogP contribution in [-0.2, 0) is 10.0 Å². The van der Waals surface area contributed by atoms with Crippen molar-refractivity contribution in [2.75, 3.05) is 29.5 Å². The van der Waals surface area contributed by atoms with Crippen LogP contribution in [0.15, 0.2) is 54.9 Å². The third-order valence-corrected chi connectivity index (χ3v) is 7.00. The van der Waals surface area contributed by atoms with E-state index in [4.69, 9.17) is 0 Å². The van der Waals surface area contributed by atoms with Gasteiger partial charge < -0.3 is 9.88 Å². The maximum atomic E-state index is 15.2. The van der Waals surface area contributed by atoms with Crippen LogP contribution in [0.2, 0.25) is 0 Å². The predicted molar refractivity (Wildman–Crippen MR) is 133 cm³/mol. The van der Waals surface area contributed by atoms with E-state index in [2.05, 4.69) is 14.7 Å². The van der Waals surface area contributed by atoms with Crippen LogP contribution in [0.25, 0.3) is 22.2 Å². The van der Waals surface area contributed by atoms with Crippen LogP contribution >= 0.6 is 0 Å². The lowest BCUT2D eigenvalue weighted by molar-refractivity contribution is 0.103. The van der Waals surface area contributed by atoms with Gasteiger partial charge in [-0.15, -0.1) is 0 Å². The molecule has 35 heavy (non-hydrogen) atoms. The van der Waals surface area contributed by atoms with Crippen molar-refractivity contribution in [1.29, 1.82) is 0 Å². The number of aromatic amines is 1. The van der Waals surface area contributed by atoms with E-state index in [9.17, 15) is 17.6 Å². The van der Waals surface area contributed by atoms with E-state index in [1.54, 1.807) is 19.2 Å². The van der Waals surface area contributed by atoms with E-state index >= 15 is 4.39 Å². The molecule has 2 aromatic heterocycles. The summed E-state index contributed by atoms with van der Waals surface area (Å²) in [6.07, 6.45) is 3.30. The molecule has 2 aromatic carbocycles. The number of nitrogens with one attached hydrogen (secondary N) is 2. The summed E-state index contributed by atoms with van der Waals surface area (Å²) in [5.74, 6) is -3.53. The minimum absolute atomic E-state index is 0.0180. The first kappa shape index (κ1) is 24.3. The molecule has 0 aliphatic rings. The van der Waals surface area contributed by atoms with Crippen LogP contribution in [0.4, 0.5) is 20.2 Å². The topological polar surface area (TPSA) is 95.2 Å².